The van der Waals surface area contributed by atoms with E-state index in [0.717, 1.165) is 0 Å². The van der Waals surface area contributed by atoms with E-state index in [1.165, 1.54) is 0 Å². The molecule has 0 rings (SSSR count). The Labute approximate surface area is 101 Å². The van der Waals surface area contributed by atoms with Crippen molar-refractivity contribution in [1.82, 2.24) is 0 Å². The second-order valence-electron chi connectivity index (χ2n) is 1.98. The van der Waals surface area contributed by atoms with Crippen molar-refractivity contribution < 1.29 is 55.6 Å². The molecular formula is C4H10O8S2Zn. The molecule has 8 nitrogen and oxygen atoms in total. The average Bonchev–Trinajstić information content (AvgIpc) is 1.81. The fraction of sp³-hybridized carbons (Fsp3) is 1.00. The predicted octanol–water partition coefficient (Wildman–Crippen LogP) is -3.53. The SMILES string of the molecule is O=S(=O)(O)CC[O-].O=S(=O)(O)CC[O-].[Zn+2]. The van der Waals surface area contributed by atoms with Crippen molar-refractivity contribution in [2.75, 3.05) is 24.7 Å². The fourth-order valence-corrected chi connectivity index (χ4v) is 0.632. The third-order valence-corrected chi connectivity index (χ3v) is 2.05. The van der Waals surface area contributed by atoms with Crippen LogP contribution in [-0.4, -0.2) is 50.7 Å². The van der Waals surface area contributed by atoms with E-state index in [0.29, 0.717) is 0 Å². The van der Waals surface area contributed by atoms with Crippen LogP contribution in [0, 0.1) is 0 Å². The fourth-order valence-electron chi connectivity index (χ4n) is 0.211. The van der Waals surface area contributed by atoms with Gasteiger partial charge in [-0.25, -0.2) is 0 Å². The Hall–Kier alpha value is 0.363. The maximum atomic E-state index is 9.59. The standard InChI is InChI=1S/2C2H5O4S.Zn/c2*3-1-2-7(4,5)6;/h2*1-2H2,(H,4,5,6);/q2*-1;+2. The second kappa shape index (κ2) is 9.58. The van der Waals surface area contributed by atoms with E-state index in [9.17, 15) is 27.0 Å². The van der Waals surface area contributed by atoms with Crippen LogP contribution in [-0.2, 0) is 39.7 Å². The molecule has 0 spiro atoms. The van der Waals surface area contributed by atoms with Gasteiger partial charge in [0.05, 0.1) is 11.5 Å². The molecule has 0 aromatic rings. The summed E-state index contributed by atoms with van der Waals surface area (Å²) in [6, 6.07) is 0. The summed E-state index contributed by atoms with van der Waals surface area (Å²) >= 11 is 0. The zero-order chi connectivity index (χ0) is 11.8. The van der Waals surface area contributed by atoms with Crippen molar-refractivity contribution in [1.29, 1.82) is 0 Å². The van der Waals surface area contributed by atoms with Gasteiger partial charge in [-0.15, -0.1) is 13.2 Å². The Morgan fingerprint density at radius 2 is 1.00 bits per heavy atom. The van der Waals surface area contributed by atoms with Crippen LogP contribution >= 0.6 is 0 Å². The van der Waals surface area contributed by atoms with E-state index < -0.39 is 45.0 Å². The molecule has 0 atom stereocenters. The summed E-state index contributed by atoms with van der Waals surface area (Å²) < 4.78 is 53.9. The largest absolute Gasteiger partial charge is 2.00 e. The minimum atomic E-state index is -3.99. The molecule has 0 bridgehead atoms. The summed E-state index contributed by atoms with van der Waals surface area (Å²) in [5.41, 5.74) is 0. The molecule has 0 aliphatic rings. The van der Waals surface area contributed by atoms with Crippen molar-refractivity contribution >= 4 is 20.2 Å². The van der Waals surface area contributed by atoms with Crippen molar-refractivity contribution in [3.05, 3.63) is 0 Å². The monoisotopic (exact) mass is 314 g/mol. The summed E-state index contributed by atoms with van der Waals surface area (Å²) in [4.78, 5) is 0. The van der Waals surface area contributed by atoms with Crippen LogP contribution in [0.25, 0.3) is 0 Å². The zero-order valence-corrected chi connectivity index (χ0v) is 12.3. The third-order valence-electron chi connectivity index (χ3n) is 0.683. The number of rotatable bonds is 4. The van der Waals surface area contributed by atoms with Crippen LogP contribution in [0.15, 0.2) is 0 Å². The van der Waals surface area contributed by atoms with Gasteiger partial charge in [0.1, 0.15) is 0 Å². The first-order valence-electron chi connectivity index (χ1n) is 3.19. The Morgan fingerprint density at radius 3 is 1.00 bits per heavy atom. The summed E-state index contributed by atoms with van der Waals surface area (Å²) in [6.07, 6.45) is 0. The van der Waals surface area contributed by atoms with Crippen molar-refractivity contribution in [2.24, 2.45) is 0 Å². The van der Waals surface area contributed by atoms with Crippen LogP contribution < -0.4 is 10.2 Å². The maximum Gasteiger partial charge on any atom is 2.00 e. The van der Waals surface area contributed by atoms with Gasteiger partial charge in [0.25, 0.3) is 20.2 Å². The summed E-state index contributed by atoms with van der Waals surface area (Å²) in [6.45, 7) is -1.56. The molecule has 0 aromatic carbocycles. The van der Waals surface area contributed by atoms with Crippen molar-refractivity contribution in [2.45, 2.75) is 0 Å². The van der Waals surface area contributed by atoms with Crippen molar-refractivity contribution in [3.63, 3.8) is 0 Å². The van der Waals surface area contributed by atoms with E-state index >= 15 is 0 Å². The molecule has 0 aromatic heterocycles. The molecule has 88 valence electrons. The van der Waals surface area contributed by atoms with E-state index in [1.807, 2.05) is 0 Å². The third kappa shape index (κ3) is 31.4. The molecule has 0 saturated carbocycles. The molecule has 15 heavy (non-hydrogen) atoms. The Bertz CT molecular complexity index is 285. The Kier molecular flexibility index (Phi) is 13.2. The molecule has 11 heteroatoms. The Morgan fingerprint density at radius 1 is 0.800 bits per heavy atom. The minimum absolute atomic E-state index is 0. The summed E-state index contributed by atoms with van der Waals surface area (Å²) in [5, 5.41) is 18.8. The average molecular weight is 316 g/mol. The molecule has 0 saturated heterocycles. The van der Waals surface area contributed by atoms with E-state index in [4.69, 9.17) is 9.11 Å². The topological polar surface area (TPSA) is 155 Å². The van der Waals surface area contributed by atoms with Gasteiger partial charge in [-0.2, -0.15) is 16.8 Å². The van der Waals surface area contributed by atoms with Gasteiger partial charge in [0.2, 0.25) is 0 Å². The van der Waals surface area contributed by atoms with Crippen molar-refractivity contribution in [3.8, 4) is 0 Å². The summed E-state index contributed by atoms with van der Waals surface area (Å²) in [5.74, 6) is -1.38. The molecule has 0 aliphatic heterocycles. The van der Waals surface area contributed by atoms with Gasteiger partial charge in [-0.3, -0.25) is 9.11 Å². The first kappa shape index (κ1) is 20.7. The smallest absolute Gasteiger partial charge is 0.854 e. The van der Waals surface area contributed by atoms with E-state index in [1.54, 1.807) is 0 Å². The number of hydrogen-bond acceptors (Lipinski definition) is 6. The van der Waals surface area contributed by atoms with Gasteiger partial charge in [-0.1, -0.05) is 0 Å². The van der Waals surface area contributed by atoms with E-state index in [-0.39, 0.29) is 19.5 Å². The zero-order valence-electron chi connectivity index (χ0n) is 7.70. The van der Waals surface area contributed by atoms with Gasteiger partial charge in [-0.05, 0) is 0 Å². The van der Waals surface area contributed by atoms with Gasteiger partial charge in [0.15, 0.2) is 0 Å². The van der Waals surface area contributed by atoms with Crippen LogP contribution in [0.1, 0.15) is 0 Å². The maximum absolute atomic E-state index is 9.59. The van der Waals surface area contributed by atoms with Gasteiger partial charge < -0.3 is 10.2 Å². The van der Waals surface area contributed by atoms with Crippen LogP contribution in [0.5, 0.6) is 0 Å². The number of hydrogen-bond donors (Lipinski definition) is 2. The predicted molar refractivity (Wildman–Crippen MR) is 42.6 cm³/mol. The van der Waals surface area contributed by atoms with Crippen LogP contribution in [0.3, 0.4) is 0 Å². The molecule has 2 N–H and O–H groups in total. The molecule has 0 unspecified atom stereocenters. The van der Waals surface area contributed by atoms with E-state index in [2.05, 4.69) is 0 Å². The van der Waals surface area contributed by atoms with Gasteiger partial charge >= 0.3 is 19.5 Å². The molecular weight excluding hydrogens is 306 g/mol. The molecule has 0 heterocycles. The summed E-state index contributed by atoms with van der Waals surface area (Å²) in [7, 11) is -7.97. The molecule has 0 aliphatic carbocycles. The van der Waals surface area contributed by atoms with Gasteiger partial charge in [0, 0.05) is 0 Å². The Balaban J connectivity index is -0.000000180. The normalized spacial score (nSPS) is 10.9. The molecule has 0 amide bonds. The first-order chi connectivity index (χ1) is 6.12. The molecule has 0 radical (unpaired) electrons. The first-order valence-corrected chi connectivity index (χ1v) is 6.40. The second-order valence-corrected chi connectivity index (χ2v) is 5.12. The van der Waals surface area contributed by atoms with Crippen LogP contribution in [0.2, 0.25) is 0 Å². The minimum Gasteiger partial charge on any atom is -0.854 e. The van der Waals surface area contributed by atoms with Crippen LogP contribution in [0.4, 0.5) is 0 Å². The molecule has 0 fully saturated rings. The quantitative estimate of drug-likeness (QED) is 0.399.